The fourth-order valence-electron chi connectivity index (χ4n) is 3.03. The lowest BCUT2D eigenvalue weighted by Gasteiger charge is -2.18. The number of anilines is 1. The smallest absolute Gasteiger partial charge is 0.294 e. The van der Waals surface area contributed by atoms with Crippen LogP contribution >= 0.6 is 27.7 Å². The van der Waals surface area contributed by atoms with E-state index in [4.69, 9.17) is 9.47 Å². The van der Waals surface area contributed by atoms with Crippen molar-refractivity contribution in [3.63, 3.8) is 0 Å². The van der Waals surface area contributed by atoms with Crippen LogP contribution in [-0.4, -0.2) is 41.2 Å². The van der Waals surface area contributed by atoms with E-state index in [0.29, 0.717) is 28.1 Å². The van der Waals surface area contributed by atoms with Crippen molar-refractivity contribution in [3.05, 3.63) is 57.2 Å². The molecule has 1 atom stereocenters. The van der Waals surface area contributed by atoms with Crippen molar-refractivity contribution in [3.8, 4) is 11.5 Å². The summed E-state index contributed by atoms with van der Waals surface area (Å²) in [7, 11) is 0. The molecule has 0 aliphatic carbocycles. The van der Waals surface area contributed by atoms with Crippen LogP contribution in [-0.2, 0) is 9.59 Å². The zero-order valence-corrected chi connectivity index (χ0v) is 21.3. The molecule has 1 N–H and O–H groups in total. The number of nitrogens with one attached hydrogen (secondary N) is 1. The number of imide groups is 1. The summed E-state index contributed by atoms with van der Waals surface area (Å²) >= 11 is 4.24. The number of hydrogen-bond donors (Lipinski definition) is 1. The highest BCUT2D eigenvalue weighted by atomic mass is 79.9. The van der Waals surface area contributed by atoms with Crippen LogP contribution in [0.4, 0.5) is 14.9 Å². The largest absolute Gasteiger partial charge is 0.490 e. The Morgan fingerprint density at radius 3 is 2.71 bits per heavy atom. The molecule has 0 radical (unpaired) electrons. The Morgan fingerprint density at radius 1 is 1.26 bits per heavy atom. The topological polar surface area (TPSA) is 84.9 Å². The molecule has 10 heteroatoms. The third-order valence-corrected chi connectivity index (χ3v) is 6.30. The van der Waals surface area contributed by atoms with Gasteiger partial charge in [-0.05, 0) is 89.9 Å². The van der Waals surface area contributed by atoms with Gasteiger partial charge < -0.3 is 14.8 Å². The van der Waals surface area contributed by atoms with Crippen molar-refractivity contribution in [2.45, 2.75) is 33.3 Å². The highest BCUT2D eigenvalue weighted by Gasteiger charge is 2.36. The number of nitrogens with zero attached hydrogens (tertiary/aromatic N) is 1. The lowest BCUT2D eigenvalue weighted by molar-refractivity contribution is -0.127. The maximum atomic E-state index is 13.3. The normalized spacial score (nSPS) is 15.6. The minimum atomic E-state index is -0.609. The maximum absolute atomic E-state index is 13.3. The fraction of sp³-hybridized carbons (Fsp3) is 0.292. The summed E-state index contributed by atoms with van der Waals surface area (Å²) in [5.41, 5.74) is 0.863. The summed E-state index contributed by atoms with van der Waals surface area (Å²) in [6.45, 7) is 5.77. The van der Waals surface area contributed by atoms with Gasteiger partial charge in [0.05, 0.1) is 22.1 Å². The van der Waals surface area contributed by atoms with Gasteiger partial charge in [0.25, 0.3) is 11.1 Å². The van der Waals surface area contributed by atoms with Gasteiger partial charge >= 0.3 is 0 Å². The summed E-state index contributed by atoms with van der Waals surface area (Å²) in [5, 5.41) is 1.92. The highest BCUT2D eigenvalue weighted by Crippen LogP contribution is 2.40. The average molecular weight is 551 g/mol. The summed E-state index contributed by atoms with van der Waals surface area (Å²) in [4.78, 5) is 38.6. The van der Waals surface area contributed by atoms with Crippen molar-refractivity contribution < 1.29 is 28.2 Å². The maximum Gasteiger partial charge on any atom is 0.294 e. The van der Waals surface area contributed by atoms with E-state index < -0.39 is 29.4 Å². The predicted octanol–water partition coefficient (Wildman–Crippen LogP) is 5.84. The second-order valence-electron chi connectivity index (χ2n) is 7.43. The molecular weight excluding hydrogens is 527 g/mol. The molecule has 1 fully saturated rings. The molecule has 0 bridgehead atoms. The van der Waals surface area contributed by atoms with Gasteiger partial charge in [0, 0.05) is 5.69 Å². The monoisotopic (exact) mass is 550 g/mol. The molecule has 0 spiro atoms. The molecule has 180 valence electrons. The van der Waals surface area contributed by atoms with Crippen LogP contribution in [0, 0.1) is 5.82 Å². The third-order valence-electron chi connectivity index (χ3n) is 4.81. The molecule has 3 amide bonds. The number of benzene rings is 2. The first-order valence-electron chi connectivity index (χ1n) is 10.7. The minimum Gasteiger partial charge on any atom is -0.490 e. The van der Waals surface area contributed by atoms with Gasteiger partial charge in [0.15, 0.2) is 11.5 Å². The Kier molecular flexibility index (Phi) is 8.73. The molecule has 7 nitrogen and oxygen atoms in total. The number of thioether (sulfide) groups is 1. The van der Waals surface area contributed by atoms with E-state index in [0.717, 1.165) is 29.1 Å². The van der Waals surface area contributed by atoms with Gasteiger partial charge in [-0.3, -0.25) is 19.3 Å². The molecular formula is C24H24BrFN2O5S. The number of hydrogen-bond acceptors (Lipinski definition) is 6. The SMILES string of the molecule is CCOc1cc(/C=C2/SC(=O)N(CC(=O)Nc3cccc(F)c3)C2=O)cc(Br)c1O[C@@H](C)CC. The van der Waals surface area contributed by atoms with E-state index >= 15 is 0 Å². The van der Waals surface area contributed by atoms with E-state index in [9.17, 15) is 18.8 Å². The summed E-state index contributed by atoms with van der Waals surface area (Å²) in [5.74, 6) is -0.627. The molecule has 2 aromatic rings. The standard InChI is InChI=1S/C24H24BrFN2O5S/c1-4-14(3)33-22-18(25)9-15(10-19(22)32-5-2)11-20-23(30)28(24(31)34-20)13-21(29)27-17-8-6-7-16(26)12-17/h6-12,14H,4-5,13H2,1-3H3,(H,27,29)/b20-11+/t14-/m0/s1. The quantitative estimate of drug-likeness (QED) is 0.395. The van der Waals surface area contributed by atoms with Crippen LogP contribution in [0.5, 0.6) is 11.5 Å². The Hall–Kier alpha value is -2.85. The third kappa shape index (κ3) is 6.38. The number of halogens is 2. The van der Waals surface area contributed by atoms with Gasteiger partial charge in [-0.25, -0.2) is 4.39 Å². The van der Waals surface area contributed by atoms with Crippen molar-refractivity contribution in [1.82, 2.24) is 4.90 Å². The van der Waals surface area contributed by atoms with Crippen molar-refractivity contribution in [2.24, 2.45) is 0 Å². The molecule has 0 unspecified atom stereocenters. The van der Waals surface area contributed by atoms with E-state index in [-0.39, 0.29) is 16.7 Å². The first-order chi connectivity index (χ1) is 16.2. The Balaban J connectivity index is 1.78. The number of rotatable bonds is 9. The van der Waals surface area contributed by atoms with Crippen LogP contribution in [0.3, 0.4) is 0 Å². The number of amides is 3. The molecule has 1 aliphatic rings. The average Bonchev–Trinajstić information content (AvgIpc) is 3.03. The van der Waals surface area contributed by atoms with Gasteiger partial charge in [-0.1, -0.05) is 13.0 Å². The summed E-state index contributed by atoms with van der Waals surface area (Å²) < 4.78 is 25.7. The highest BCUT2D eigenvalue weighted by molar-refractivity contribution is 9.10. The zero-order chi connectivity index (χ0) is 24.8. The first-order valence-corrected chi connectivity index (χ1v) is 12.3. The second kappa shape index (κ2) is 11.5. The predicted molar refractivity (Wildman–Crippen MR) is 133 cm³/mol. The van der Waals surface area contributed by atoms with Gasteiger partial charge in [-0.15, -0.1) is 0 Å². The Bertz CT molecular complexity index is 1140. The Labute approximate surface area is 209 Å². The molecule has 0 aromatic heterocycles. The zero-order valence-electron chi connectivity index (χ0n) is 18.9. The lowest BCUT2D eigenvalue weighted by Crippen LogP contribution is -2.36. The van der Waals surface area contributed by atoms with Crippen molar-refractivity contribution >= 4 is 56.5 Å². The first kappa shape index (κ1) is 25.8. The second-order valence-corrected chi connectivity index (χ2v) is 9.27. The van der Waals surface area contributed by atoms with Crippen molar-refractivity contribution in [2.75, 3.05) is 18.5 Å². The molecule has 0 saturated carbocycles. The molecule has 3 rings (SSSR count). The van der Waals surface area contributed by atoms with Crippen LogP contribution in [0.2, 0.25) is 0 Å². The fourth-order valence-corrected chi connectivity index (χ4v) is 4.42. The van der Waals surface area contributed by atoms with Crippen molar-refractivity contribution in [1.29, 1.82) is 0 Å². The van der Waals surface area contributed by atoms with Gasteiger partial charge in [0.2, 0.25) is 5.91 Å². The van der Waals surface area contributed by atoms with E-state index in [2.05, 4.69) is 21.2 Å². The summed E-state index contributed by atoms with van der Waals surface area (Å²) in [6, 6.07) is 8.85. The molecule has 34 heavy (non-hydrogen) atoms. The molecule has 1 aliphatic heterocycles. The van der Waals surface area contributed by atoms with E-state index in [1.54, 1.807) is 18.2 Å². The van der Waals surface area contributed by atoms with Crippen LogP contribution in [0.1, 0.15) is 32.8 Å². The number of carbonyl (C=O) groups is 3. The molecule has 1 heterocycles. The van der Waals surface area contributed by atoms with E-state index in [1.807, 2.05) is 20.8 Å². The summed E-state index contributed by atoms with van der Waals surface area (Å²) in [6.07, 6.45) is 2.37. The lowest BCUT2D eigenvalue weighted by atomic mass is 10.1. The van der Waals surface area contributed by atoms with E-state index in [1.165, 1.54) is 18.2 Å². The Morgan fingerprint density at radius 2 is 2.03 bits per heavy atom. The number of ether oxygens (including phenoxy) is 2. The molecule has 2 aromatic carbocycles. The van der Waals surface area contributed by atoms with Gasteiger partial charge in [-0.2, -0.15) is 0 Å². The van der Waals surface area contributed by atoms with Gasteiger partial charge in [0.1, 0.15) is 12.4 Å². The van der Waals surface area contributed by atoms with Crippen LogP contribution in [0.25, 0.3) is 6.08 Å². The molecule has 1 saturated heterocycles. The minimum absolute atomic E-state index is 0.0172. The van der Waals surface area contributed by atoms with Crippen LogP contribution in [0.15, 0.2) is 45.8 Å². The van der Waals surface area contributed by atoms with Crippen LogP contribution < -0.4 is 14.8 Å². The number of carbonyl (C=O) groups excluding carboxylic acids is 3.